The number of anilines is 1. The van der Waals surface area contributed by atoms with Crippen molar-refractivity contribution in [3.8, 4) is 5.75 Å². The Kier molecular flexibility index (Phi) is 4.96. The third-order valence-corrected chi connectivity index (χ3v) is 5.08. The second kappa shape index (κ2) is 7.44. The Labute approximate surface area is 164 Å². The lowest BCUT2D eigenvalue weighted by molar-refractivity contribution is -0.137. The zero-order valence-corrected chi connectivity index (χ0v) is 15.3. The molecule has 0 atom stereocenters. The Morgan fingerprint density at radius 2 is 1.90 bits per heavy atom. The molecule has 0 radical (unpaired) electrons. The number of benzene rings is 2. The lowest BCUT2D eigenvalue weighted by Crippen LogP contribution is -2.37. The van der Waals surface area contributed by atoms with Crippen LogP contribution in [0.3, 0.4) is 0 Å². The van der Waals surface area contributed by atoms with Gasteiger partial charge in [-0.3, -0.25) is 4.79 Å². The fraction of sp³-hybridized carbons (Fsp3) is 0.286. The molecule has 0 saturated heterocycles. The Morgan fingerprint density at radius 1 is 1.17 bits per heavy atom. The number of aromatic nitrogens is 1. The van der Waals surface area contributed by atoms with Crippen molar-refractivity contribution < 1.29 is 27.8 Å². The molecule has 29 heavy (non-hydrogen) atoms. The summed E-state index contributed by atoms with van der Waals surface area (Å²) in [6, 6.07) is 10.1. The van der Waals surface area contributed by atoms with E-state index < -0.39 is 17.8 Å². The summed E-state index contributed by atoms with van der Waals surface area (Å²) in [7, 11) is 0. The molecule has 1 amide bonds. The van der Waals surface area contributed by atoms with E-state index in [2.05, 4.69) is 10.3 Å². The predicted octanol–water partition coefficient (Wildman–Crippen LogP) is 4.48. The Bertz CT molecular complexity index is 1020. The van der Waals surface area contributed by atoms with Crippen molar-refractivity contribution in [3.05, 3.63) is 59.8 Å². The highest BCUT2D eigenvalue weighted by Gasteiger charge is 2.33. The monoisotopic (exact) mass is 404 g/mol. The average Bonchev–Trinajstić information content (AvgIpc) is 3.05. The van der Waals surface area contributed by atoms with Crippen molar-refractivity contribution in [2.24, 2.45) is 5.92 Å². The fourth-order valence-electron chi connectivity index (χ4n) is 3.29. The molecule has 5 nitrogen and oxygen atoms in total. The number of nitrogens with one attached hydrogen (secondary N) is 2. The van der Waals surface area contributed by atoms with Crippen LogP contribution in [0.2, 0.25) is 0 Å². The number of aliphatic hydroxyl groups excluding tert-OH is 1. The largest absolute Gasteiger partial charge is 0.489 e. The van der Waals surface area contributed by atoms with Gasteiger partial charge in [-0.2, -0.15) is 13.2 Å². The second-order valence-corrected chi connectivity index (χ2v) is 7.20. The number of hydrogen-bond donors (Lipinski definition) is 3. The van der Waals surface area contributed by atoms with E-state index in [-0.39, 0.29) is 18.4 Å². The van der Waals surface area contributed by atoms with Crippen molar-refractivity contribution >= 4 is 22.5 Å². The molecule has 1 fully saturated rings. The van der Waals surface area contributed by atoms with Crippen molar-refractivity contribution in [2.75, 3.05) is 5.32 Å². The molecule has 0 spiro atoms. The van der Waals surface area contributed by atoms with Crippen LogP contribution >= 0.6 is 0 Å². The summed E-state index contributed by atoms with van der Waals surface area (Å²) in [5.74, 6) is 0.216. The highest BCUT2D eigenvalue weighted by molar-refractivity contribution is 6.03. The summed E-state index contributed by atoms with van der Waals surface area (Å²) in [6.07, 6.45) is -2.14. The molecule has 3 aromatic rings. The van der Waals surface area contributed by atoms with E-state index in [0.29, 0.717) is 29.8 Å². The number of H-pyrrole nitrogens is 1. The summed E-state index contributed by atoms with van der Waals surface area (Å²) in [4.78, 5) is 15.3. The van der Waals surface area contributed by atoms with Gasteiger partial charge in [0.1, 0.15) is 12.4 Å². The number of carbonyl (C=O) groups is 1. The van der Waals surface area contributed by atoms with Crippen molar-refractivity contribution in [3.63, 3.8) is 0 Å². The third kappa shape index (κ3) is 4.22. The first-order valence-corrected chi connectivity index (χ1v) is 9.18. The minimum atomic E-state index is -4.36. The topological polar surface area (TPSA) is 74.4 Å². The summed E-state index contributed by atoms with van der Waals surface area (Å²) >= 11 is 0. The van der Waals surface area contributed by atoms with Gasteiger partial charge in [0, 0.05) is 23.0 Å². The smallest absolute Gasteiger partial charge is 0.416 e. The number of fused-ring (bicyclic) bond motifs is 1. The van der Waals surface area contributed by atoms with Gasteiger partial charge in [0.15, 0.2) is 0 Å². The molecule has 1 saturated carbocycles. The van der Waals surface area contributed by atoms with Gasteiger partial charge in [0.05, 0.1) is 17.4 Å². The standard InChI is InChI=1S/C21H19F3N2O3/c22-21(23,24)14-3-1-12(2-4-14)11-29-16-5-6-18-17(9-16)19(10-25-18)26-20(28)13-7-15(27)8-13/h1-6,9-10,13,15,25,27H,7-8,11H2,(H,26,28). The number of aliphatic hydroxyl groups is 1. The summed E-state index contributed by atoms with van der Waals surface area (Å²) in [6.45, 7) is 0.121. The van der Waals surface area contributed by atoms with Crippen LogP contribution in [0.15, 0.2) is 48.7 Å². The first-order chi connectivity index (χ1) is 13.8. The van der Waals surface area contributed by atoms with Crippen molar-refractivity contribution in [1.29, 1.82) is 0 Å². The number of ether oxygens (including phenoxy) is 1. The van der Waals surface area contributed by atoms with E-state index in [9.17, 15) is 23.1 Å². The zero-order valence-electron chi connectivity index (χ0n) is 15.3. The van der Waals surface area contributed by atoms with E-state index in [1.807, 2.05) is 0 Å². The van der Waals surface area contributed by atoms with Gasteiger partial charge in [-0.15, -0.1) is 0 Å². The SMILES string of the molecule is O=C(Nc1c[nH]c2ccc(OCc3ccc(C(F)(F)F)cc3)cc12)C1CC(O)C1. The van der Waals surface area contributed by atoms with Gasteiger partial charge in [0.2, 0.25) is 5.91 Å². The quantitative estimate of drug-likeness (QED) is 0.587. The van der Waals surface area contributed by atoms with Crippen molar-refractivity contribution in [2.45, 2.75) is 31.7 Å². The lowest BCUT2D eigenvalue weighted by Gasteiger charge is -2.29. The van der Waals surface area contributed by atoms with E-state index in [4.69, 9.17) is 4.74 Å². The van der Waals surface area contributed by atoms with Gasteiger partial charge in [0.25, 0.3) is 0 Å². The molecule has 1 heterocycles. The van der Waals surface area contributed by atoms with Crippen LogP contribution in [0.1, 0.15) is 24.0 Å². The molecular weight excluding hydrogens is 385 g/mol. The Morgan fingerprint density at radius 3 is 2.55 bits per heavy atom. The van der Waals surface area contributed by atoms with Crippen LogP contribution in [0.25, 0.3) is 10.9 Å². The van der Waals surface area contributed by atoms with Crippen LogP contribution in [-0.4, -0.2) is 22.1 Å². The zero-order chi connectivity index (χ0) is 20.6. The van der Waals surface area contributed by atoms with E-state index in [1.54, 1.807) is 24.4 Å². The first-order valence-electron chi connectivity index (χ1n) is 9.18. The van der Waals surface area contributed by atoms with Gasteiger partial charge in [-0.05, 0) is 48.7 Å². The van der Waals surface area contributed by atoms with Gasteiger partial charge >= 0.3 is 6.18 Å². The number of carbonyl (C=O) groups excluding carboxylic acids is 1. The van der Waals surface area contributed by atoms with Gasteiger partial charge in [-0.1, -0.05) is 12.1 Å². The minimum absolute atomic E-state index is 0.121. The van der Waals surface area contributed by atoms with Gasteiger partial charge < -0.3 is 20.1 Å². The fourth-order valence-corrected chi connectivity index (χ4v) is 3.29. The number of aromatic amines is 1. The number of rotatable bonds is 5. The summed E-state index contributed by atoms with van der Waals surface area (Å²) in [5.41, 5.74) is 1.35. The van der Waals surface area contributed by atoms with Crippen molar-refractivity contribution in [1.82, 2.24) is 4.98 Å². The number of hydrogen-bond acceptors (Lipinski definition) is 3. The lowest BCUT2D eigenvalue weighted by atomic mass is 9.82. The van der Waals surface area contributed by atoms with Gasteiger partial charge in [-0.25, -0.2) is 0 Å². The molecule has 0 aliphatic heterocycles. The Hall–Kier alpha value is -3.00. The molecular formula is C21H19F3N2O3. The minimum Gasteiger partial charge on any atom is -0.489 e. The molecule has 1 aromatic heterocycles. The number of halogens is 3. The molecule has 4 rings (SSSR count). The molecule has 1 aliphatic rings. The highest BCUT2D eigenvalue weighted by atomic mass is 19.4. The predicted molar refractivity (Wildman–Crippen MR) is 101 cm³/mol. The number of alkyl halides is 3. The average molecular weight is 404 g/mol. The molecule has 1 aliphatic carbocycles. The molecule has 0 bridgehead atoms. The highest BCUT2D eigenvalue weighted by Crippen LogP contribution is 2.32. The summed E-state index contributed by atoms with van der Waals surface area (Å²) < 4.78 is 43.6. The molecule has 8 heteroatoms. The van der Waals surface area contributed by atoms with Crippen LogP contribution in [0, 0.1) is 5.92 Å². The summed E-state index contributed by atoms with van der Waals surface area (Å²) in [5, 5.41) is 13.0. The van der Waals surface area contributed by atoms with E-state index in [0.717, 1.165) is 23.0 Å². The van der Waals surface area contributed by atoms with E-state index in [1.165, 1.54) is 12.1 Å². The van der Waals surface area contributed by atoms with Crippen LogP contribution < -0.4 is 10.1 Å². The normalized spacial score (nSPS) is 19.0. The van der Waals surface area contributed by atoms with Crippen LogP contribution in [0.4, 0.5) is 18.9 Å². The number of amides is 1. The van der Waals surface area contributed by atoms with Crippen LogP contribution in [0.5, 0.6) is 5.75 Å². The third-order valence-electron chi connectivity index (χ3n) is 5.08. The maximum Gasteiger partial charge on any atom is 0.416 e. The molecule has 0 unspecified atom stereocenters. The molecule has 2 aromatic carbocycles. The maximum atomic E-state index is 12.6. The van der Waals surface area contributed by atoms with E-state index >= 15 is 0 Å². The first kappa shape index (κ1) is 19.3. The molecule has 152 valence electrons. The maximum absolute atomic E-state index is 12.6. The van der Waals surface area contributed by atoms with Crippen LogP contribution in [-0.2, 0) is 17.6 Å². The molecule has 3 N–H and O–H groups in total. The Balaban J connectivity index is 1.44. The second-order valence-electron chi connectivity index (χ2n) is 7.20.